The van der Waals surface area contributed by atoms with Crippen LogP contribution >= 0.6 is 15.9 Å². The van der Waals surface area contributed by atoms with Gasteiger partial charge >= 0.3 is 0 Å². The summed E-state index contributed by atoms with van der Waals surface area (Å²) in [6, 6.07) is 9.91. The van der Waals surface area contributed by atoms with Crippen molar-refractivity contribution in [1.29, 1.82) is 0 Å². The Kier molecular flexibility index (Phi) is 3.10. The van der Waals surface area contributed by atoms with Crippen molar-refractivity contribution in [2.24, 2.45) is 10.9 Å². The van der Waals surface area contributed by atoms with Gasteiger partial charge in [0.05, 0.1) is 17.8 Å². The number of nitrogens with zero attached hydrogens (tertiary/aromatic N) is 1. The van der Waals surface area contributed by atoms with Gasteiger partial charge in [-0.25, -0.2) is 0 Å². The van der Waals surface area contributed by atoms with Crippen molar-refractivity contribution >= 4 is 32.9 Å². The number of hydrogen-bond acceptors (Lipinski definition) is 3. The number of rotatable bonds is 2. The fourth-order valence-electron chi connectivity index (χ4n) is 1.74. The van der Waals surface area contributed by atoms with Crippen molar-refractivity contribution in [3.8, 4) is 5.75 Å². The minimum atomic E-state index is 0.824. The number of methoxy groups -OCH3 is 1. The molecule has 2 aromatic carbocycles. The number of fused-ring (bicyclic) bond motifs is 1. The third-order valence-electron chi connectivity index (χ3n) is 2.40. The Labute approximate surface area is 102 Å². The van der Waals surface area contributed by atoms with Gasteiger partial charge in [0.2, 0.25) is 0 Å². The van der Waals surface area contributed by atoms with Crippen molar-refractivity contribution in [3.63, 3.8) is 0 Å². The van der Waals surface area contributed by atoms with Crippen LogP contribution in [0.1, 0.15) is 5.56 Å². The molecule has 16 heavy (non-hydrogen) atoms. The van der Waals surface area contributed by atoms with Crippen molar-refractivity contribution in [2.45, 2.75) is 0 Å². The van der Waals surface area contributed by atoms with Gasteiger partial charge in [-0.1, -0.05) is 24.3 Å². The first-order chi connectivity index (χ1) is 7.77. The largest absolute Gasteiger partial charge is 0.495 e. The van der Waals surface area contributed by atoms with E-state index in [1.807, 2.05) is 30.3 Å². The molecular formula is C12H11BrN2O. The molecule has 0 fully saturated rings. The lowest BCUT2D eigenvalue weighted by atomic mass is 10.0. The summed E-state index contributed by atoms with van der Waals surface area (Å²) in [4.78, 5) is 0. The van der Waals surface area contributed by atoms with Gasteiger partial charge in [-0.05, 0) is 27.4 Å². The zero-order chi connectivity index (χ0) is 11.5. The Morgan fingerprint density at radius 1 is 1.31 bits per heavy atom. The molecule has 0 saturated carbocycles. The van der Waals surface area contributed by atoms with Crippen LogP contribution in [0.15, 0.2) is 39.9 Å². The molecule has 0 bridgehead atoms. The van der Waals surface area contributed by atoms with Crippen LogP contribution in [-0.2, 0) is 0 Å². The van der Waals surface area contributed by atoms with Crippen LogP contribution in [0.3, 0.4) is 0 Å². The monoisotopic (exact) mass is 278 g/mol. The summed E-state index contributed by atoms with van der Waals surface area (Å²) in [6.07, 6.45) is 1.63. The maximum Gasteiger partial charge on any atom is 0.140 e. The average molecular weight is 279 g/mol. The highest BCUT2D eigenvalue weighted by molar-refractivity contribution is 9.10. The summed E-state index contributed by atoms with van der Waals surface area (Å²) < 4.78 is 6.26. The summed E-state index contributed by atoms with van der Waals surface area (Å²) >= 11 is 3.47. The van der Waals surface area contributed by atoms with E-state index in [4.69, 9.17) is 10.6 Å². The first-order valence-corrected chi connectivity index (χ1v) is 5.55. The molecule has 4 heteroatoms. The number of benzene rings is 2. The van der Waals surface area contributed by atoms with Gasteiger partial charge in [-0.2, -0.15) is 5.10 Å². The first-order valence-electron chi connectivity index (χ1n) is 4.76. The predicted octanol–water partition coefficient (Wildman–Crippen LogP) is 2.90. The molecule has 0 spiro atoms. The third kappa shape index (κ3) is 1.76. The molecule has 2 N–H and O–H groups in total. The van der Waals surface area contributed by atoms with Crippen molar-refractivity contribution < 1.29 is 4.74 Å². The number of nitrogens with two attached hydrogens (primary N) is 1. The van der Waals surface area contributed by atoms with Gasteiger partial charge < -0.3 is 10.6 Å². The lowest BCUT2D eigenvalue weighted by Gasteiger charge is -2.10. The second-order valence-electron chi connectivity index (χ2n) is 3.30. The molecule has 2 aromatic rings. The zero-order valence-corrected chi connectivity index (χ0v) is 10.4. The van der Waals surface area contributed by atoms with Gasteiger partial charge in [0.25, 0.3) is 0 Å². The van der Waals surface area contributed by atoms with Gasteiger partial charge in [0, 0.05) is 10.9 Å². The Bertz CT molecular complexity index is 552. The van der Waals surface area contributed by atoms with Crippen LogP contribution in [0.4, 0.5) is 0 Å². The normalized spacial score (nSPS) is 11.1. The van der Waals surface area contributed by atoms with Crippen LogP contribution in [-0.4, -0.2) is 13.3 Å². The SMILES string of the molecule is COc1c(Br)cc(C=NN)c2ccccc12. The van der Waals surface area contributed by atoms with Crippen LogP contribution in [0, 0.1) is 0 Å². The molecule has 2 rings (SSSR count). The van der Waals surface area contributed by atoms with E-state index in [1.54, 1.807) is 13.3 Å². The molecule has 0 saturated heterocycles. The Hall–Kier alpha value is -1.55. The van der Waals surface area contributed by atoms with Crippen LogP contribution in [0.5, 0.6) is 5.75 Å². The smallest absolute Gasteiger partial charge is 0.140 e. The highest BCUT2D eigenvalue weighted by Crippen LogP contribution is 2.35. The molecule has 0 heterocycles. The number of halogens is 1. The predicted molar refractivity (Wildman–Crippen MR) is 70.0 cm³/mol. The van der Waals surface area contributed by atoms with Crippen molar-refractivity contribution in [1.82, 2.24) is 0 Å². The van der Waals surface area contributed by atoms with E-state index in [-0.39, 0.29) is 0 Å². The molecule has 0 aliphatic carbocycles. The highest BCUT2D eigenvalue weighted by atomic mass is 79.9. The van der Waals surface area contributed by atoms with E-state index in [1.165, 1.54) is 0 Å². The molecule has 0 aliphatic rings. The summed E-state index contributed by atoms with van der Waals surface area (Å²) in [5.41, 5.74) is 0.964. The molecule has 3 nitrogen and oxygen atoms in total. The van der Waals surface area contributed by atoms with Crippen molar-refractivity contribution in [2.75, 3.05) is 7.11 Å². The standard InChI is InChI=1S/C12H11BrN2O/c1-16-12-10-5-3-2-4-9(10)8(7-15-14)6-11(12)13/h2-7H,14H2,1H3. The van der Waals surface area contributed by atoms with E-state index in [0.717, 1.165) is 26.6 Å². The zero-order valence-electron chi connectivity index (χ0n) is 8.77. The van der Waals surface area contributed by atoms with Gasteiger partial charge in [-0.15, -0.1) is 0 Å². The summed E-state index contributed by atoms with van der Waals surface area (Å²) in [6.45, 7) is 0. The maximum atomic E-state index is 5.37. The molecule has 0 atom stereocenters. The van der Waals surface area contributed by atoms with Crippen LogP contribution in [0.25, 0.3) is 10.8 Å². The quantitative estimate of drug-likeness (QED) is 0.522. The average Bonchev–Trinajstić information content (AvgIpc) is 2.30. The molecule has 0 radical (unpaired) electrons. The van der Waals surface area contributed by atoms with Crippen molar-refractivity contribution in [3.05, 3.63) is 40.4 Å². The van der Waals surface area contributed by atoms with E-state index in [0.29, 0.717) is 0 Å². The summed E-state index contributed by atoms with van der Waals surface area (Å²) in [5, 5.41) is 5.67. The summed E-state index contributed by atoms with van der Waals surface area (Å²) in [5.74, 6) is 6.02. The number of hydrogen-bond donors (Lipinski definition) is 1. The van der Waals surface area contributed by atoms with Gasteiger partial charge in [0.15, 0.2) is 0 Å². The third-order valence-corrected chi connectivity index (χ3v) is 2.99. The minimum absolute atomic E-state index is 0.824. The number of hydrazone groups is 1. The van der Waals surface area contributed by atoms with Gasteiger partial charge in [-0.3, -0.25) is 0 Å². The minimum Gasteiger partial charge on any atom is -0.495 e. The fraction of sp³-hybridized carbons (Fsp3) is 0.0833. The highest BCUT2D eigenvalue weighted by Gasteiger charge is 2.09. The van der Waals surface area contributed by atoms with Gasteiger partial charge in [0.1, 0.15) is 5.75 Å². The molecule has 0 aromatic heterocycles. The Balaban J connectivity index is 2.85. The molecule has 82 valence electrons. The van der Waals surface area contributed by atoms with Crippen LogP contribution in [0.2, 0.25) is 0 Å². The lowest BCUT2D eigenvalue weighted by molar-refractivity contribution is 0.417. The molecule has 0 aliphatic heterocycles. The first kappa shape index (κ1) is 11.0. The topological polar surface area (TPSA) is 47.6 Å². The second kappa shape index (κ2) is 4.53. The van der Waals surface area contributed by atoms with E-state index in [2.05, 4.69) is 21.0 Å². The molecule has 0 amide bonds. The fourth-order valence-corrected chi connectivity index (χ4v) is 2.36. The van der Waals surface area contributed by atoms with E-state index in [9.17, 15) is 0 Å². The van der Waals surface area contributed by atoms with E-state index < -0.39 is 0 Å². The Morgan fingerprint density at radius 3 is 2.62 bits per heavy atom. The maximum absolute atomic E-state index is 5.37. The summed E-state index contributed by atoms with van der Waals surface area (Å²) in [7, 11) is 1.66. The second-order valence-corrected chi connectivity index (χ2v) is 4.16. The number of ether oxygens (including phenoxy) is 1. The lowest BCUT2D eigenvalue weighted by Crippen LogP contribution is -1.93. The Morgan fingerprint density at radius 2 is 2.00 bits per heavy atom. The molecular weight excluding hydrogens is 268 g/mol. The molecule has 0 unspecified atom stereocenters. The van der Waals surface area contributed by atoms with E-state index >= 15 is 0 Å². The van der Waals surface area contributed by atoms with Crippen LogP contribution < -0.4 is 10.6 Å².